The Morgan fingerprint density at radius 2 is 1.80 bits per heavy atom. The van der Waals surface area contributed by atoms with Crippen molar-refractivity contribution in [2.45, 2.75) is 51.5 Å². The number of nitrogens with one attached hydrogen (secondary N) is 1. The maximum Gasteiger partial charge on any atom is 0.351 e. The zero-order valence-corrected chi connectivity index (χ0v) is 18.5. The molecule has 30 heavy (non-hydrogen) atoms. The molecule has 1 fully saturated rings. The van der Waals surface area contributed by atoms with Crippen molar-refractivity contribution in [1.82, 2.24) is 5.32 Å². The smallest absolute Gasteiger partial charge is 0.351 e. The topological polar surface area (TPSA) is 84.6 Å². The first-order valence-corrected chi connectivity index (χ1v) is 11.0. The molecule has 1 aliphatic heterocycles. The molecule has 2 unspecified atom stereocenters. The van der Waals surface area contributed by atoms with Crippen LogP contribution in [0.5, 0.6) is 0 Å². The van der Waals surface area contributed by atoms with Crippen LogP contribution in [0.15, 0.2) is 53.9 Å². The van der Waals surface area contributed by atoms with Crippen LogP contribution in [0.3, 0.4) is 0 Å². The van der Waals surface area contributed by atoms with Gasteiger partial charge in [-0.1, -0.05) is 57.2 Å². The summed E-state index contributed by atoms with van der Waals surface area (Å²) in [5.41, 5.74) is 5.95. The number of carbonyl (C=O) groups is 1. The lowest BCUT2D eigenvalue weighted by atomic mass is 9.86. The highest BCUT2D eigenvalue weighted by Crippen LogP contribution is 2.55. The van der Waals surface area contributed by atoms with E-state index in [1.54, 1.807) is 6.07 Å². The van der Waals surface area contributed by atoms with E-state index in [-0.39, 0.29) is 11.5 Å². The maximum atomic E-state index is 11.9. The fraction of sp³-hybridized carbons (Fsp3) is 0.375. The second-order valence-corrected chi connectivity index (χ2v) is 9.60. The number of hydrogen-bond acceptors (Lipinski definition) is 6. The van der Waals surface area contributed by atoms with Gasteiger partial charge in [0.25, 0.3) is 0 Å². The average Bonchev–Trinajstić information content (AvgIpc) is 3.46. The Labute approximate surface area is 182 Å². The van der Waals surface area contributed by atoms with Crippen LogP contribution in [0.2, 0.25) is 0 Å². The summed E-state index contributed by atoms with van der Waals surface area (Å²) in [4.78, 5) is 11.9. The number of aliphatic hydroxyl groups excluding tert-OH is 1. The van der Waals surface area contributed by atoms with Gasteiger partial charge in [0.2, 0.25) is 0 Å². The molecule has 2 aliphatic rings. The van der Waals surface area contributed by atoms with Gasteiger partial charge >= 0.3 is 5.97 Å². The fourth-order valence-electron chi connectivity index (χ4n) is 4.21. The standard InChI is InChI=1S/C24H28N2O3S/c1-13-11-15(7-10-17(13)23(28)29-30-25)20-22(27)21(26-20)19-12-18(19)14-5-8-16(9-6-14)24(2,3)4/h5-11,18-20,26-27H,12,25H2,1-4H3/t18?,19?,20-/m0/s1. The van der Waals surface area contributed by atoms with E-state index in [0.29, 0.717) is 35.4 Å². The molecule has 6 heteroatoms. The minimum atomic E-state index is -0.466. The van der Waals surface area contributed by atoms with Crippen LogP contribution in [-0.4, -0.2) is 11.1 Å². The van der Waals surface area contributed by atoms with E-state index >= 15 is 0 Å². The molecule has 0 aromatic heterocycles. The minimum absolute atomic E-state index is 0.151. The quantitative estimate of drug-likeness (QED) is 0.452. The van der Waals surface area contributed by atoms with Gasteiger partial charge in [-0.3, -0.25) is 0 Å². The Balaban J connectivity index is 1.45. The minimum Gasteiger partial charge on any atom is -0.508 e. The van der Waals surface area contributed by atoms with Crippen LogP contribution in [-0.2, 0) is 9.60 Å². The molecule has 5 nitrogen and oxygen atoms in total. The molecule has 1 saturated carbocycles. The first-order chi connectivity index (χ1) is 14.2. The highest BCUT2D eigenvalue weighted by molar-refractivity contribution is 7.92. The molecule has 0 saturated heterocycles. The number of rotatable bonds is 5. The number of benzene rings is 2. The van der Waals surface area contributed by atoms with Gasteiger partial charge < -0.3 is 14.6 Å². The number of hydrogen-bond donors (Lipinski definition) is 3. The van der Waals surface area contributed by atoms with Crippen LogP contribution >= 0.6 is 12.2 Å². The summed E-state index contributed by atoms with van der Waals surface area (Å²) in [6.45, 7) is 8.51. The van der Waals surface area contributed by atoms with Crippen molar-refractivity contribution in [1.29, 1.82) is 0 Å². The Morgan fingerprint density at radius 3 is 2.37 bits per heavy atom. The van der Waals surface area contributed by atoms with Gasteiger partial charge in [-0.2, -0.15) is 0 Å². The molecule has 158 valence electrons. The van der Waals surface area contributed by atoms with Crippen molar-refractivity contribution < 1.29 is 14.1 Å². The molecule has 2 aromatic rings. The molecule has 2 aromatic carbocycles. The number of nitrogens with two attached hydrogens (primary N) is 1. The van der Waals surface area contributed by atoms with E-state index in [9.17, 15) is 9.90 Å². The summed E-state index contributed by atoms with van der Waals surface area (Å²) in [6.07, 6.45) is 1.05. The molecule has 4 N–H and O–H groups in total. The highest BCUT2D eigenvalue weighted by Gasteiger charge is 2.47. The molecule has 1 aliphatic carbocycles. The Bertz CT molecular complexity index is 1010. The number of allylic oxidation sites excluding steroid dienone is 1. The van der Waals surface area contributed by atoms with E-state index in [2.05, 4.69) is 50.4 Å². The molecule has 0 radical (unpaired) electrons. The molecule has 0 bridgehead atoms. The van der Waals surface area contributed by atoms with E-state index in [0.717, 1.165) is 23.2 Å². The van der Waals surface area contributed by atoms with Gasteiger partial charge in [0.05, 0.1) is 11.3 Å². The van der Waals surface area contributed by atoms with Gasteiger partial charge in [0.1, 0.15) is 24.0 Å². The summed E-state index contributed by atoms with van der Waals surface area (Å²) in [5, 5.41) is 19.3. The van der Waals surface area contributed by atoms with Gasteiger partial charge in [-0.25, -0.2) is 9.93 Å². The maximum absolute atomic E-state index is 11.9. The lowest BCUT2D eigenvalue weighted by Gasteiger charge is -2.33. The Hall–Kier alpha value is -2.44. The summed E-state index contributed by atoms with van der Waals surface area (Å²) < 4.78 is 4.79. The van der Waals surface area contributed by atoms with Gasteiger partial charge in [0, 0.05) is 5.92 Å². The monoisotopic (exact) mass is 424 g/mol. The second-order valence-electron chi connectivity index (χ2n) is 9.24. The van der Waals surface area contributed by atoms with Crippen molar-refractivity contribution in [2.75, 3.05) is 0 Å². The molecule has 0 spiro atoms. The first kappa shape index (κ1) is 20.8. The predicted molar refractivity (Wildman–Crippen MR) is 120 cm³/mol. The first-order valence-electron chi connectivity index (χ1n) is 10.2. The fourth-order valence-corrected chi connectivity index (χ4v) is 4.39. The second kappa shape index (κ2) is 7.67. The molecule has 1 heterocycles. The van der Waals surface area contributed by atoms with Gasteiger partial charge in [-0.15, -0.1) is 0 Å². The number of carbonyl (C=O) groups excluding carboxylic acids is 1. The van der Waals surface area contributed by atoms with Gasteiger partial charge in [0.15, 0.2) is 0 Å². The van der Waals surface area contributed by atoms with E-state index < -0.39 is 5.97 Å². The van der Waals surface area contributed by atoms with E-state index in [4.69, 9.17) is 9.32 Å². The molecular formula is C24H28N2O3S. The van der Waals surface area contributed by atoms with Crippen molar-refractivity contribution in [3.05, 3.63) is 81.7 Å². The third-order valence-electron chi connectivity index (χ3n) is 6.14. The lowest BCUT2D eigenvalue weighted by molar-refractivity contribution is 0.0767. The van der Waals surface area contributed by atoms with Crippen LogP contribution in [0.25, 0.3) is 0 Å². The van der Waals surface area contributed by atoms with Crippen molar-refractivity contribution in [2.24, 2.45) is 11.1 Å². The molecule has 4 rings (SSSR count). The molecule has 0 amide bonds. The summed E-state index contributed by atoms with van der Waals surface area (Å²) in [7, 11) is 0. The highest BCUT2D eigenvalue weighted by atomic mass is 32.2. The molecular weight excluding hydrogens is 396 g/mol. The number of aliphatic hydroxyl groups is 1. The Morgan fingerprint density at radius 1 is 1.13 bits per heavy atom. The third kappa shape index (κ3) is 3.82. The summed E-state index contributed by atoms with van der Waals surface area (Å²) >= 11 is 0.541. The molecule has 3 atom stereocenters. The summed E-state index contributed by atoms with van der Waals surface area (Å²) in [5.74, 6) is 0.740. The van der Waals surface area contributed by atoms with Crippen molar-refractivity contribution in [3.8, 4) is 0 Å². The van der Waals surface area contributed by atoms with Crippen LogP contribution in [0.1, 0.15) is 71.8 Å². The van der Waals surface area contributed by atoms with E-state index in [1.807, 2.05) is 19.1 Å². The zero-order chi connectivity index (χ0) is 21.6. The lowest BCUT2D eigenvalue weighted by Crippen LogP contribution is -2.36. The summed E-state index contributed by atoms with van der Waals surface area (Å²) in [6, 6.07) is 14.1. The zero-order valence-electron chi connectivity index (χ0n) is 17.7. The van der Waals surface area contributed by atoms with Crippen molar-refractivity contribution in [3.63, 3.8) is 0 Å². The SMILES string of the molecule is Cc1cc([C@@H]2NC(C3CC3c3ccc(C(C)(C)C)cc3)=C2O)ccc1C(=O)OSN. The average molecular weight is 425 g/mol. The van der Waals surface area contributed by atoms with E-state index in [1.165, 1.54) is 11.1 Å². The van der Waals surface area contributed by atoms with Crippen molar-refractivity contribution >= 4 is 18.2 Å². The predicted octanol–water partition coefficient (Wildman–Crippen LogP) is 5.19. The number of aryl methyl sites for hydroxylation is 1. The van der Waals surface area contributed by atoms with Gasteiger partial charge in [-0.05, 0) is 53.0 Å². The third-order valence-corrected chi connectivity index (χ3v) is 6.39. The van der Waals surface area contributed by atoms with Crippen LogP contribution in [0, 0.1) is 12.8 Å². The normalized spacial score (nSPS) is 22.9. The van der Waals surface area contributed by atoms with Crippen LogP contribution < -0.4 is 10.5 Å². The van der Waals surface area contributed by atoms with Crippen LogP contribution in [0.4, 0.5) is 0 Å². The largest absolute Gasteiger partial charge is 0.508 e. The Kier molecular flexibility index (Phi) is 5.32.